The van der Waals surface area contributed by atoms with E-state index in [4.69, 9.17) is 5.26 Å². The number of anilines is 1. The van der Waals surface area contributed by atoms with Crippen LogP contribution in [0.1, 0.15) is 18.9 Å². The van der Waals surface area contributed by atoms with Crippen molar-refractivity contribution in [2.45, 2.75) is 19.4 Å². The Balaban J connectivity index is 2.44. The Kier molecular flexibility index (Phi) is 3.97. The monoisotopic (exact) mass is 260 g/mol. The van der Waals surface area contributed by atoms with E-state index in [9.17, 15) is 10.1 Å². The molecular formula is C13H16N4O2. The first-order valence-corrected chi connectivity index (χ1v) is 6.33. The van der Waals surface area contributed by atoms with E-state index in [-0.39, 0.29) is 16.7 Å². The maximum Gasteiger partial charge on any atom is 0.292 e. The minimum absolute atomic E-state index is 0.0627. The summed E-state index contributed by atoms with van der Waals surface area (Å²) in [6, 6.07) is 6.80. The van der Waals surface area contributed by atoms with Gasteiger partial charge in [-0.3, -0.25) is 10.1 Å². The normalized spacial score (nSPS) is 18.0. The molecule has 6 heteroatoms. The number of nitrogens with one attached hydrogen (secondary N) is 1. The van der Waals surface area contributed by atoms with Gasteiger partial charge >= 0.3 is 0 Å². The highest BCUT2D eigenvalue weighted by Gasteiger charge is 2.27. The van der Waals surface area contributed by atoms with Gasteiger partial charge in [-0.25, -0.2) is 0 Å². The lowest BCUT2D eigenvalue weighted by Crippen LogP contribution is -2.37. The van der Waals surface area contributed by atoms with Crippen molar-refractivity contribution in [2.75, 3.05) is 24.5 Å². The first-order chi connectivity index (χ1) is 9.17. The van der Waals surface area contributed by atoms with E-state index in [1.807, 2.05) is 17.9 Å². The molecule has 6 nitrogen and oxygen atoms in total. The number of hydrogen-bond donors (Lipinski definition) is 1. The fourth-order valence-electron chi connectivity index (χ4n) is 2.51. The number of nitro groups is 1. The third-order valence-corrected chi connectivity index (χ3v) is 3.43. The van der Waals surface area contributed by atoms with E-state index in [1.54, 1.807) is 6.07 Å². The molecular weight excluding hydrogens is 244 g/mol. The predicted molar refractivity (Wildman–Crippen MR) is 72.1 cm³/mol. The molecule has 1 aliphatic rings. The zero-order valence-corrected chi connectivity index (χ0v) is 10.8. The third-order valence-electron chi connectivity index (χ3n) is 3.43. The Morgan fingerprint density at radius 2 is 2.42 bits per heavy atom. The summed E-state index contributed by atoms with van der Waals surface area (Å²) < 4.78 is 0. The predicted octanol–water partition coefficient (Wildman–Crippen LogP) is 1.65. The minimum Gasteiger partial charge on any atom is -0.362 e. The van der Waals surface area contributed by atoms with E-state index < -0.39 is 0 Å². The summed E-state index contributed by atoms with van der Waals surface area (Å²) in [6.07, 6.45) is 0.960. The first-order valence-electron chi connectivity index (χ1n) is 6.33. The summed E-state index contributed by atoms with van der Waals surface area (Å²) >= 11 is 0. The van der Waals surface area contributed by atoms with Crippen molar-refractivity contribution < 1.29 is 4.92 Å². The van der Waals surface area contributed by atoms with Crippen LogP contribution < -0.4 is 10.2 Å². The first kappa shape index (κ1) is 13.3. The Morgan fingerprint density at radius 1 is 1.63 bits per heavy atom. The van der Waals surface area contributed by atoms with Gasteiger partial charge in [-0.1, -0.05) is 0 Å². The summed E-state index contributed by atoms with van der Waals surface area (Å²) in [5, 5.41) is 23.4. The molecule has 1 atom stereocenters. The number of rotatable bonds is 4. The second kappa shape index (κ2) is 5.67. The van der Waals surface area contributed by atoms with Crippen LogP contribution in [0.2, 0.25) is 0 Å². The fraction of sp³-hybridized carbons (Fsp3) is 0.462. The molecule has 1 saturated heterocycles. The summed E-state index contributed by atoms with van der Waals surface area (Å²) in [5.74, 6) is 0. The van der Waals surface area contributed by atoms with Crippen molar-refractivity contribution in [1.29, 1.82) is 5.26 Å². The van der Waals surface area contributed by atoms with Gasteiger partial charge < -0.3 is 10.2 Å². The molecule has 0 bridgehead atoms. The number of likely N-dealkylation sites (N-methyl/N-ethyl adjacent to an activating group) is 1. The molecule has 1 unspecified atom stereocenters. The van der Waals surface area contributed by atoms with Gasteiger partial charge in [0, 0.05) is 25.2 Å². The van der Waals surface area contributed by atoms with Crippen LogP contribution in [-0.2, 0) is 0 Å². The quantitative estimate of drug-likeness (QED) is 0.657. The van der Waals surface area contributed by atoms with Gasteiger partial charge in [0.2, 0.25) is 0 Å². The molecule has 0 amide bonds. The van der Waals surface area contributed by atoms with Gasteiger partial charge in [-0.15, -0.1) is 0 Å². The average molecular weight is 260 g/mol. The molecule has 0 spiro atoms. The Labute approximate surface area is 111 Å². The number of benzene rings is 1. The van der Waals surface area contributed by atoms with Gasteiger partial charge in [0.25, 0.3) is 5.69 Å². The van der Waals surface area contributed by atoms with Crippen molar-refractivity contribution in [3.63, 3.8) is 0 Å². The lowest BCUT2D eigenvalue weighted by Gasteiger charge is -2.29. The van der Waals surface area contributed by atoms with Gasteiger partial charge in [-0.05, 0) is 32.0 Å². The lowest BCUT2D eigenvalue weighted by molar-refractivity contribution is -0.384. The third kappa shape index (κ3) is 2.66. The fourth-order valence-corrected chi connectivity index (χ4v) is 2.51. The molecule has 1 heterocycles. The molecule has 1 N–H and O–H groups in total. The Bertz CT molecular complexity index is 518. The van der Waals surface area contributed by atoms with Crippen LogP contribution in [0.3, 0.4) is 0 Å². The minimum atomic E-state index is -0.387. The maximum atomic E-state index is 11.1. The van der Waals surface area contributed by atoms with Crippen LogP contribution >= 0.6 is 0 Å². The molecule has 1 aliphatic heterocycles. The molecule has 1 aromatic carbocycles. The van der Waals surface area contributed by atoms with E-state index in [1.165, 1.54) is 12.1 Å². The lowest BCUT2D eigenvalue weighted by atomic mass is 10.1. The highest BCUT2D eigenvalue weighted by molar-refractivity contribution is 5.66. The standard InChI is InChI=1S/C13H16N4O2/c1-2-16(11-5-6-15-9-11)13-7-10(8-14)3-4-12(13)17(18)19/h3-4,7,11,15H,2,5-6,9H2,1H3. The molecule has 0 aliphatic carbocycles. The molecule has 1 fully saturated rings. The van der Waals surface area contributed by atoms with Crippen LogP contribution in [0.5, 0.6) is 0 Å². The molecule has 100 valence electrons. The second-order valence-corrected chi connectivity index (χ2v) is 4.51. The van der Waals surface area contributed by atoms with Gasteiger partial charge in [0.05, 0.1) is 16.6 Å². The second-order valence-electron chi connectivity index (χ2n) is 4.51. The van der Waals surface area contributed by atoms with E-state index >= 15 is 0 Å². The van der Waals surface area contributed by atoms with Crippen LogP contribution in [0, 0.1) is 21.4 Å². The topological polar surface area (TPSA) is 82.2 Å². The maximum absolute atomic E-state index is 11.1. The highest BCUT2D eigenvalue weighted by Crippen LogP contribution is 2.31. The van der Waals surface area contributed by atoms with E-state index in [0.29, 0.717) is 17.8 Å². The van der Waals surface area contributed by atoms with Crippen LogP contribution in [0.4, 0.5) is 11.4 Å². The molecule has 0 aromatic heterocycles. The van der Waals surface area contributed by atoms with Crippen LogP contribution in [0.25, 0.3) is 0 Å². The summed E-state index contributed by atoms with van der Waals surface area (Å²) in [5.41, 5.74) is 1.05. The van der Waals surface area contributed by atoms with Crippen molar-refractivity contribution in [1.82, 2.24) is 5.32 Å². The van der Waals surface area contributed by atoms with Crippen molar-refractivity contribution in [3.05, 3.63) is 33.9 Å². The van der Waals surface area contributed by atoms with Gasteiger partial charge in [0.1, 0.15) is 5.69 Å². The number of nitro benzene ring substituents is 1. The summed E-state index contributed by atoms with van der Waals surface area (Å²) in [4.78, 5) is 12.8. The summed E-state index contributed by atoms with van der Waals surface area (Å²) in [7, 11) is 0. The molecule has 19 heavy (non-hydrogen) atoms. The SMILES string of the molecule is CCN(c1cc(C#N)ccc1[N+](=O)[O-])C1CCNC1. The average Bonchev–Trinajstić information content (AvgIpc) is 2.93. The zero-order valence-electron chi connectivity index (χ0n) is 10.8. The van der Waals surface area contributed by atoms with Crippen LogP contribution in [0.15, 0.2) is 18.2 Å². The number of nitrogens with zero attached hydrogens (tertiary/aromatic N) is 3. The largest absolute Gasteiger partial charge is 0.362 e. The Morgan fingerprint density at radius 3 is 2.95 bits per heavy atom. The van der Waals surface area contributed by atoms with Gasteiger partial charge in [0.15, 0.2) is 0 Å². The van der Waals surface area contributed by atoms with E-state index in [2.05, 4.69) is 5.32 Å². The molecule has 1 aromatic rings. The molecule has 0 saturated carbocycles. The number of hydrogen-bond acceptors (Lipinski definition) is 5. The van der Waals surface area contributed by atoms with Crippen LogP contribution in [-0.4, -0.2) is 30.6 Å². The molecule has 0 radical (unpaired) electrons. The molecule has 2 rings (SSSR count). The van der Waals surface area contributed by atoms with Gasteiger partial charge in [-0.2, -0.15) is 5.26 Å². The summed E-state index contributed by atoms with van der Waals surface area (Å²) in [6.45, 7) is 4.40. The van der Waals surface area contributed by atoms with Crippen molar-refractivity contribution >= 4 is 11.4 Å². The smallest absolute Gasteiger partial charge is 0.292 e. The van der Waals surface area contributed by atoms with Crippen molar-refractivity contribution in [2.24, 2.45) is 0 Å². The zero-order chi connectivity index (χ0) is 13.8. The highest BCUT2D eigenvalue weighted by atomic mass is 16.6. The number of nitriles is 1. The van der Waals surface area contributed by atoms with Crippen molar-refractivity contribution in [3.8, 4) is 6.07 Å². The Hall–Kier alpha value is -2.13. The van der Waals surface area contributed by atoms with E-state index in [0.717, 1.165) is 19.5 Å².